The molecule has 1 saturated heterocycles. The molecule has 3 aliphatic rings. The van der Waals surface area contributed by atoms with Crippen LogP contribution < -0.4 is 21.3 Å². The summed E-state index contributed by atoms with van der Waals surface area (Å²) < 4.78 is 1.98. The molecule has 1 unspecified atom stereocenters. The molecule has 2 aromatic heterocycles. The third-order valence-electron chi connectivity index (χ3n) is 9.00. The van der Waals surface area contributed by atoms with E-state index < -0.39 is 0 Å². The molecule has 210 valence electrons. The van der Waals surface area contributed by atoms with Crippen LogP contribution in [0.5, 0.6) is 0 Å². The van der Waals surface area contributed by atoms with E-state index in [1.54, 1.807) is 12.4 Å². The Balaban J connectivity index is 1.46. The lowest BCUT2D eigenvalue weighted by atomic mass is 9.73. The summed E-state index contributed by atoms with van der Waals surface area (Å²) in [4.78, 5) is 20.2. The molecule has 10 nitrogen and oxygen atoms in total. The summed E-state index contributed by atoms with van der Waals surface area (Å²) >= 11 is 0. The Morgan fingerprint density at radius 2 is 1.82 bits per heavy atom. The second-order valence-electron chi connectivity index (χ2n) is 11.5. The Hall–Kier alpha value is -3.32. The minimum atomic E-state index is -0.332. The maximum atomic E-state index is 13.8. The Morgan fingerprint density at radius 3 is 2.49 bits per heavy atom. The van der Waals surface area contributed by atoms with Crippen LogP contribution in [0.3, 0.4) is 0 Å². The maximum absolute atomic E-state index is 13.8. The minimum Gasteiger partial charge on any atom is -0.393 e. The zero-order chi connectivity index (χ0) is 27.2. The highest BCUT2D eigenvalue weighted by Gasteiger charge is 2.46. The lowest BCUT2D eigenvalue weighted by Crippen LogP contribution is -2.49. The summed E-state index contributed by atoms with van der Waals surface area (Å²) in [6.07, 6.45) is 16.3. The molecular weight excluding hydrogens is 492 g/mol. The van der Waals surface area contributed by atoms with Crippen LogP contribution in [-0.2, 0) is 5.54 Å². The van der Waals surface area contributed by atoms with E-state index in [4.69, 9.17) is 10.8 Å². The first kappa shape index (κ1) is 27.3. The third-order valence-corrected chi connectivity index (χ3v) is 9.00. The van der Waals surface area contributed by atoms with Crippen LogP contribution in [0.1, 0.15) is 93.8 Å². The summed E-state index contributed by atoms with van der Waals surface area (Å²) in [5.74, 6) is 0.636. The van der Waals surface area contributed by atoms with Crippen LogP contribution in [0.4, 0.5) is 23.0 Å². The number of nitrogens with two attached hydrogens (primary N) is 1. The number of piperidine rings is 1. The van der Waals surface area contributed by atoms with Gasteiger partial charge in [0.25, 0.3) is 5.91 Å². The standard InChI is InChI=1S/C29H42N8O2/c30-15-9-21-19-33-27-25(26(31)35-37(27)29(21)13-7-5-3-1-2-4-6-8-14-29)28(39)34-23-20-32-16-10-24(23)36-17-11-22(38)12-18-36/h10,16,20-22,33,38H,1-9,11-14,17-19H2,(H2,31,35)(H,34,39). The summed E-state index contributed by atoms with van der Waals surface area (Å²) in [6.45, 7) is 2.04. The topological polar surface area (TPSA) is 145 Å². The highest BCUT2D eigenvalue weighted by atomic mass is 16.3. The number of fused-ring (bicyclic) bond motifs is 2. The highest BCUT2D eigenvalue weighted by Crippen LogP contribution is 2.46. The van der Waals surface area contributed by atoms with Crippen LogP contribution >= 0.6 is 0 Å². The number of nitrogen functional groups attached to an aromatic ring is 1. The molecule has 10 heteroatoms. The fraction of sp³-hybridized carbons (Fsp3) is 0.655. The van der Waals surface area contributed by atoms with Crippen LogP contribution in [0, 0.1) is 17.2 Å². The summed E-state index contributed by atoms with van der Waals surface area (Å²) in [5, 5.41) is 30.9. The van der Waals surface area contributed by atoms with Crippen LogP contribution in [0.2, 0.25) is 0 Å². The lowest BCUT2D eigenvalue weighted by Gasteiger charge is -2.45. The van der Waals surface area contributed by atoms with Crippen molar-refractivity contribution in [3.05, 3.63) is 24.0 Å². The third kappa shape index (κ3) is 5.69. The number of anilines is 4. The molecule has 4 heterocycles. The molecule has 1 saturated carbocycles. The molecule has 2 aliphatic heterocycles. The number of aliphatic hydroxyl groups excluding tert-OH is 1. The quantitative estimate of drug-likeness (QED) is 0.444. The number of nitriles is 1. The van der Waals surface area contributed by atoms with Crippen LogP contribution in [0.15, 0.2) is 18.5 Å². The van der Waals surface area contributed by atoms with Crippen molar-refractivity contribution in [3.63, 3.8) is 0 Å². The highest BCUT2D eigenvalue weighted by molar-refractivity contribution is 6.12. The molecule has 39 heavy (non-hydrogen) atoms. The van der Waals surface area contributed by atoms with Gasteiger partial charge in [0.1, 0.15) is 11.4 Å². The number of aromatic nitrogens is 3. The van der Waals surface area contributed by atoms with Crippen molar-refractivity contribution < 1.29 is 9.90 Å². The molecule has 5 N–H and O–H groups in total. The van der Waals surface area contributed by atoms with E-state index in [9.17, 15) is 15.2 Å². The molecule has 1 aliphatic carbocycles. The first-order chi connectivity index (χ1) is 19.0. The summed E-state index contributed by atoms with van der Waals surface area (Å²) in [5.41, 5.74) is 7.99. The van der Waals surface area contributed by atoms with Gasteiger partial charge in [0.15, 0.2) is 5.82 Å². The van der Waals surface area contributed by atoms with E-state index >= 15 is 0 Å². The Morgan fingerprint density at radius 1 is 1.15 bits per heavy atom. The molecule has 1 spiro atoms. The average Bonchev–Trinajstić information content (AvgIpc) is 3.26. The van der Waals surface area contributed by atoms with E-state index in [0.717, 1.165) is 31.4 Å². The molecule has 1 amide bonds. The van der Waals surface area contributed by atoms with Gasteiger partial charge in [-0.3, -0.25) is 9.78 Å². The van der Waals surface area contributed by atoms with Crippen molar-refractivity contribution in [1.29, 1.82) is 5.26 Å². The van der Waals surface area contributed by atoms with Gasteiger partial charge in [-0.15, -0.1) is 0 Å². The number of carbonyl (C=O) groups is 1. The predicted molar refractivity (Wildman–Crippen MR) is 153 cm³/mol. The summed E-state index contributed by atoms with van der Waals surface area (Å²) in [6, 6.07) is 4.31. The first-order valence-corrected chi connectivity index (χ1v) is 14.7. The maximum Gasteiger partial charge on any atom is 0.263 e. The number of hydrogen-bond acceptors (Lipinski definition) is 8. The smallest absolute Gasteiger partial charge is 0.263 e. The van der Waals surface area contributed by atoms with Gasteiger partial charge < -0.3 is 26.4 Å². The molecule has 0 radical (unpaired) electrons. The number of pyridine rings is 1. The van der Waals surface area contributed by atoms with Gasteiger partial charge in [0, 0.05) is 38.2 Å². The number of hydrogen-bond donors (Lipinski definition) is 4. The minimum absolute atomic E-state index is 0.102. The monoisotopic (exact) mass is 534 g/mol. The zero-order valence-corrected chi connectivity index (χ0v) is 22.9. The van der Waals surface area contributed by atoms with Gasteiger partial charge in [-0.05, 0) is 31.7 Å². The van der Waals surface area contributed by atoms with Crippen LogP contribution in [-0.4, -0.2) is 51.5 Å². The van der Waals surface area contributed by atoms with Gasteiger partial charge >= 0.3 is 0 Å². The number of carbonyl (C=O) groups excluding carboxylic acids is 1. The summed E-state index contributed by atoms with van der Waals surface area (Å²) in [7, 11) is 0. The Kier molecular flexibility index (Phi) is 8.56. The van der Waals surface area contributed by atoms with E-state index in [1.807, 2.05) is 10.7 Å². The molecule has 0 aromatic carbocycles. The normalized spacial score (nSPS) is 22.3. The predicted octanol–water partition coefficient (Wildman–Crippen LogP) is 4.64. The molecule has 2 fully saturated rings. The fourth-order valence-corrected chi connectivity index (χ4v) is 6.82. The zero-order valence-electron chi connectivity index (χ0n) is 22.9. The first-order valence-electron chi connectivity index (χ1n) is 14.7. The number of nitrogens with zero attached hydrogens (tertiary/aromatic N) is 5. The van der Waals surface area contributed by atoms with E-state index in [-0.39, 0.29) is 29.3 Å². The van der Waals surface area contributed by atoms with Gasteiger partial charge in [-0.25, -0.2) is 4.68 Å². The number of amides is 1. The van der Waals surface area contributed by atoms with Crippen molar-refractivity contribution in [2.24, 2.45) is 5.92 Å². The second kappa shape index (κ2) is 12.2. The average molecular weight is 535 g/mol. The molecule has 1 atom stereocenters. The number of rotatable bonds is 4. The van der Waals surface area contributed by atoms with Gasteiger partial charge in [-0.1, -0.05) is 51.4 Å². The lowest BCUT2D eigenvalue weighted by molar-refractivity contribution is 0.102. The Bertz CT molecular complexity index is 1170. The van der Waals surface area contributed by atoms with E-state index in [1.165, 1.54) is 38.5 Å². The Labute approximate surface area is 231 Å². The van der Waals surface area contributed by atoms with Crippen molar-refractivity contribution in [2.75, 3.05) is 40.9 Å². The van der Waals surface area contributed by atoms with Crippen molar-refractivity contribution >= 4 is 28.9 Å². The fourth-order valence-electron chi connectivity index (χ4n) is 6.82. The van der Waals surface area contributed by atoms with Crippen molar-refractivity contribution in [2.45, 2.75) is 95.1 Å². The second-order valence-corrected chi connectivity index (χ2v) is 11.5. The van der Waals surface area contributed by atoms with Crippen molar-refractivity contribution in [1.82, 2.24) is 14.8 Å². The van der Waals surface area contributed by atoms with Gasteiger partial charge in [-0.2, -0.15) is 10.4 Å². The molecule has 0 bridgehead atoms. The molecular formula is C29H42N8O2. The van der Waals surface area contributed by atoms with Gasteiger partial charge in [0.2, 0.25) is 0 Å². The number of nitrogens with one attached hydrogen (secondary N) is 2. The van der Waals surface area contributed by atoms with E-state index in [2.05, 4.69) is 26.6 Å². The van der Waals surface area contributed by atoms with Gasteiger partial charge in [0.05, 0.1) is 35.3 Å². The van der Waals surface area contributed by atoms with Crippen LogP contribution in [0.25, 0.3) is 0 Å². The molecule has 2 aromatic rings. The SMILES string of the molecule is N#CCC1CNc2c(C(=O)Nc3cnccc3N3CCC(O)CC3)c(N)nn2C12CCCCCCCCCC2. The van der Waals surface area contributed by atoms with E-state index in [0.29, 0.717) is 56.0 Å². The number of aliphatic hydroxyl groups is 1. The van der Waals surface area contributed by atoms with Crippen molar-refractivity contribution in [3.8, 4) is 6.07 Å². The largest absolute Gasteiger partial charge is 0.393 e. The molecule has 5 rings (SSSR count).